The Morgan fingerprint density at radius 2 is 1.67 bits per heavy atom. The molecule has 5 nitrogen and oxygen atoms in total. The molecule has 1 unspecified atom stereocenters. The number of aliphatic hydroxyl groups is 1. The minimum atomic E-state index is -0.839. The van der Waals surface area contributed by atoms with E-state index in [-0.39, 0.29) is 25.2 Å². The Balaban J connectivity index is 3.60. The van der Waals surface area contributed by atoms with Crippen molar-refractivity contribution in [2.45, 2.75) is 39.2 Å². The highest BCUT2D eigenvalue weighted by atomic mass is 16.5. The maximum Gasteiger partial charge on any atom is 0.308 e. The topological polar surface area (TPSA) is 72.8 Å². The van der Waals surface area contributed by atoms with Crippen molar-refractivity contribution >= 4 is 11.9 Å². The van der Waals surface area contributed by atoms with E-state index in [0.29, 0.717) is 13.2 Å². The maximum atomic E-state index is 10.9. The van der Waals surface area contributed by atoms with Crippen LogP contribution in [0.1, 0.15) is 33.1 Å². The molecule has 0 radical (unpaired) electrons. The number of esters is 2. The summed E-state index contributed by atoms with van der Waals surface area (Å²) in [6.07, 6.45) is -0.576. The van der Waals surface area contributed by atoms with Gasteiger partial charge in [0.05, 0.1) is 25.7 Å². The molecule has 0 aliphatic carbocycles. The average molecular weight is 218 g/mol. The van der Waals surface area contributed by atoms with Crippen LogP contribution in [0.2, 0.25) is 0 Å². The summed E-state index contributed by atoms with van der Waals surface area (Å²) in [5, 5.41) is 9.35. The lowest BCUT2D eigenvalue weighted by molar-refractivity contribution is -0.147. The lowest BCUT2D eigenvalue weighted by atomic mass is 10.1. The second-order valence-electron chi connectivity index (χ2n) is 3.01. The molecule has 0 aromatic heterocycles. The maximum absolute atomic E-state index is 10.9. The van der Waals surface area contributed by atoms with Crippen molar-refractivity contribution in [2.75, 3.05) is 13.2 Å². The monoisotopic (exact) mass is 218 g/mol. The van der Waals surface area contributed by atoms with Gasteiger partial charge in [0.1, 0.15) is 0 Å². The first-order valence-corrected chi connectivity index (χ1v) is 5.09. The van der Waals surface area contributed by atoms with Gasteiger partial charge in [-0.05, 0) is 20.3 Å². The van der Waals surface area contributed by atoms with Crippen LogP contribution in [0.3, 0.4) is 0 Å². The molecule has 0 rings (SSSR count). The van der Waals surface area contributed by atoms with Gasteiger partial charge in [0, 0.05) is 6.42 Å². The Hall–Kier alpha value is -1.10. The third-order valence-electron chi connectivity index (χ3n) is 1.69. The van der Waals surface area contributed by atoms with Crippen LogP contribution < -0.4 is 0 Å². The molecule has 0 aromatic carbocycles. The molecule has 0 fully saturated rings. The SMILES string of the molecule is CCOC(=O)CCC(O)CC(=O)OCC. The first-order chi connectivity index (χ1) is 7.10. The molecule has 0 heterocycles. The zero-order valence-electron chi connectivity index (χ0n) is 9.19. The highest BCUT2D eigenvalue weighted by Gasteiger charge is 2.13. The van der Waals surface area contributed by atoms with Crippen molar-refractivity contribution in [3.63, 3.8) is 0 Å². The lowest BCUT2D eigenvalue weighted by Gasteiger charge is -2.08. The van der Waals surface area contributed by atoms with Crippen LogP contribution in [-0.2, 0) is 19.1 Å². The first-order valence-electron chi connectivity index (χ1n) is 5.09. The first kappa shape index (κ1) is 13.9. The predicted molar refractivity (Wildman–Crippen MR) is 53.1 cm³/mol. The zero-order chi connectivity index (χ0) is 11.7. The van der Waals surface area contributed by atoms with Crippen LogP contribution in [0.4, 0.5) is 0 Å². The van der Waals surface area contributed by atoms with Gasteiger partial charge < -0.3 is 14.6 Å². The van der Waals surface area contributed by atoms with Crippen molar-refractivity contribution in [3.05, 3.63) is 0 Å². The summed E-state index contributed by atoms with van der Waals surface area (Å²) in [5.41, 5.74) is 0. The van der Waals surface area contributed by atoms with Crippen LogP contribution in [0.25, 0.3) is 0 Å². The van der Waals surface area contributed by atoms with E-state index >= 15 is 0 Å². The molecule has 0 saturated carbocycles. The summed E-state index contributed by atoms with van der Waals surface area (Å²) in [5.74, 6) is -0.811. The quantitative estimate of drug-likeness (QED) is 0.635. The fourth-order valence-corrected chi connectivity index (χ4v) is 1.03. The van der Waals surface area contributed by atoms with Crippen LogP contribution in [0.15, 0.2) is 0 Å². The fourth-order valence-electron chi connectivity index (χ4n) is 1.03. The Morgan fingerprint density at radius 3 is 2.20 bits per heavy atom. The largest absolute Gasteiger partial charge is 0.466 e. The van der Waals surface area contributed by atoms with E-state index < -0.39 is 12.1 Å². The summed E-state index contributed by atoms with van der Waals surface area (Å²) in [4.78, 5) is 21.8. The Labute approximate surface area is 89.4 Å². The molecule has 0 amide bonds. The van der Waals surface area contributed by atoms with Gasteiger partial charge in [-0.15, -0.1) is 0 Å². The normalized spacial score (nSPS) is 11.9. The van der Waals surface area contributed by atoms with E-state index in [0.717, 1.165) is 0 Å². The molecule has 1 atom stereocenters. The van der Waals surface area contributed by atoms with Crippen LogP contribution in [0, 0.1) is 0 Å². The molecule has 0 bridgehead atoms. The Bertz CT molecular complexity index is 202. The molecule has 0 aliphatic rings. The molecule has 1 N–H and O–H groups in total. The number of carbonyl (C=O) groups is 2. The molecule has 15 heavy (non-hydrogen) atoms. The number of rotatable bonds is 7. The summed E-state index contributed by atoms with van der Waals surface area (Å²) in [7, 11) is 0. The van der Waals surface area contributed by atoms with E-state index in [2.05, 4.69) is 9.47 Å². The molecular formula is C10H18O5. The summed E-state index contributed by atoms with van der Waals surface area (Å²) < 4.78 is 9.33. The molecular weight excluding hydrogens is 200 g/mol. The number of aliphatic hydroxyl groups excluding tert-OH is 1. The van der Waals surface area contributed by atoms with Gasteiger partial charge in [-0.3, -0.25) is 9.59 Å². The minimum Gasteiger partial charge on any atom is -0.466 e. The van der Waals surface area contributed by atoms with Crippen molar-refractivity contribution in [1.29, 1.82) is 0 Å². The summed E-state index contributed by atoms with van der Waals surface area (Å²) in [6, 6.07) is 0. The van der Waals surface area contributed by atoms with Gasteiger partial charge in [0.2, 0.25) is 0 Å². The van der Waals surface area contributed by atoms with Crippen LogP contribution >= 0.6 is 0 Å². The third kappa shape index (κ3) is 7.93. The smallest absolute Gasteiger partial charge is 0.308 e. The zero-order valence-corrected chi connectivity index (χ0v) is 9.19. The number of ether oxygens (including phenoxy) is 2. The standard InChI is InChI=1S/C10H18O5/c1-3-14-9(12)6-5-8(11)7-10(13)15-4-2/h8,11H,3-7H2,1-2H3. The predicted octanol–water partition coefficient (Wildman–Crippen LogP) is 0.644. The van der Waals surface area contributed by atoms with E-state index in [1.165, 1.54) is 0 Å². The second kappa shape index (κ2) is 8.23. The van der Waals surface area contributed by atoms with Crippen LogP contribution in [-0.4, -0.2) is 36.4 Å². The summed E-state index contributed by atoms with van der Waals surface area (Å²) in [6.45, 7) is 4.03. The molecule has 0 spiro atoms. The van der Waals surface area contributed by atoms with E-state index in [1.54, 1.807) is 13.8 Å². The van der Waals surface area contributed by atoms with E-state index in [9.17, 15) is 14.7 Å². The van der Waals surface area contributed by atoms with Gasteiger partial charge in [0.25, 0.3) is 0 Å². The molecule has 88 valence electrons. The van der Waals surface area contributed by atoms with Crippen molar-refractivity contribution in [2.24, 2.45) is 0 Å². The molecule has 5 heteroatoms. The molecule has 0 aliphatic heterocycles. The molecule has 0 saturated heterocycles. The van der Waals surface area contributed by atoms with E-state index in [4.69, 9.17) is 0 Å². The fraction of sp³-hybridized carbons (Fsp3) is 0.800. The van der Waals surface area contributed by atoms with Gasteiger partial charge in [-0.25, -0.2) is 0 Å². The van der Waals surface area contributed by atoms with E-state index in [1.807, 2.05) is 0 Å². The Kier molecular flexibility index (Phi) is 7.62. The average Bonchev–Trinajstić information content (AvgIpc) is 2.15. The van der Waals surface area contributed by atoms with Crippen molar-refractivity contribution in [3.8, 4) is 0 Å². The number of hydrogen-bond donors (Lipinski definition) is 1. The third-order valence-corrected chi connectivity index (χ3v) is 1.69. The number of hydrogen-bond acceptors (Lipinski definition) is 5. The van der Waals surface area contributed by atoms with Gasteiger partial charge in [-0.1, -0.05) is 0 Å². The van der Waals surface area contributed by atoms with Crippen LogP contribution in [0.5, 0.6) is 0 Å². The highest BCUT2D eigenvalue weighted by Crippen LogP contribution is 2.04. The Morgan fingerprint density at radius 1 is 1.13 bits per heavy atom. The van der Waals surface area contributed by atoms with Crippen molar-refractivity contribution < 1.29 is 24.2 Å². The van der Waals surface area contributed by atoms with Crippen molar-refractivity contribution in [1.82, 2.24) is 0 Å². The number of carbonyl (C=O) groups excluding carboxylic acids is 2. The molecule has 0 aromatic rings. The van der Waals surface area contributed by atoms with Gasteiger partial charge in [-0.2, -0.15) is 0 Å². The van der Waals surface area contributed by atoms with Gasteiger partial charge in [0.15, 0.2) is 0 Å². The summed E-state index contributed by atoms with van der Waals surface area (Å²) >= 11 is 0. The van der Waals surface area contributed by atoms with Gasteiger partial charge >= 0.3 is 11.9 Å². The second-order valence-corrected chi connectivity index (χ2v) is 3.01. The highest BCUT2D eigenvalue weighted by molar-refractivity contribution is 5.71. The minimum absolute atomic E-state index is 0.0761. The lowest BCUT2D eigenvalue weighted by Crippen LogP contribution is -2.17.